The molecule has 2 atom stereocenters. The van der Waals surface area contributed by atoms with Crippen LogP contribution in [0, 0.1) is 10.1 Å². The van der Waals surface area contributed by atoms with Gasteiger partial charge in [0, 0.05) is 12.1 Å². The molecule has 0 saturated carbocycles. The van der Waals surface area contributed by atoms with E-state index >= 15 is 0 Å². The van der Waals surface area contributed by atoms with Crippen molar-refractivity contribution in [1.82, 2.24) is 4.31 Å². The van der Waals surface area contributed by atoms with E-state index in [0.717, 1.165) is 11.1 Å². The highest BCUT2D eigenvalue weighted by Crippen LogP contribution is 2.29. The minimum absolute atomic E-state index is 0.0526. The minimum atomic E-state index is -4.04. The average Bonchev–Trinajstić information content (AvgIpc) is 3.28. The summed E-state index contributed by atoms with van der Waals surface area (Å²) < 4.78 is 40.2. The van der Waals surface area contributed by atoms with Crippen LogP contribution in [-0.4, -0.2) is 36.5 Å². The summed E-state index contributed by atoms with van der Waals surface area (Å²) in [5.74, 6) is 0. The van der Waals surface area contributed by atoms with Crippen LogP contribution in [0.4, 0.5) is 5.69 Å². The van der Waals surface area contributed by atoms with E-state index in [1.165, 1.54) is 28.6 Å². The first-order valence-corrected chi connectivity index (χ1v) is 12.1. The van der Waals surface area contributed by atoms with Gasteiger partial charge in [-0.1, -0.05) is 66.7 Å². The van der Waals surface area contributed by atoms with Crippen LogP contribution in [0.1, 0.15) is 11.1 Å². The predicted octanol–water partition coefficient (Wildman–Crippen LogP) is 4.28. The van der Waals surface area contributed by atoms with Crippen molar-refractivity contribution in [2.24, 2.45) is 0 Å². The second-order valence-corrected chi connectivity index (χ2v) is 9.57. The van der Waals surface area contributed by atoms with Crippen molar-refractivity contribution in [2.45, 2.75) is 30.4 Å². The Bertz CT molecular complexity index is 1230. The number of hydrogen-bond acceptors (Lipinski definition) is 6. The molecule has 0 N–H and O–H groups in total. The molecule has 2 unspecified atom stereocenters. The number of benzene rings is 3. The van der Waals surface area contributed by atoms with Crippen molar-refractivity contribution < 1.29 is 22.8 Å². The lowest BCUT2D eigenvalue weighted by Gasteiger charge is -2.29. The molecule has 4 rings (SSSR count). The topological polar surface area (TPSA) is 99.0 Å². The number of sulfonamides is 1. The standard InChI is InChI=1S/C25H24N2O6S/c28-27(29)22-11-14-24(15-12-22)34(30,31)26-23(19-32-17-20-7-3-1-4-8-20)13-16-25(26)33-18-21-9-5-2-6-10-21/h1-16,23,25H,17-19H2. The Morgan fingerprint density at radius 2 is 1.41 bits per heavy atom. The molecule has 3 aromatic rings. The lowest BCUT2D eigenvalue weighted by Crippen LogP contribution is -2.45. The van der Waals surface area contributed by atoms with Crippen LogP contribution in [0.25, 0.3) is 0 Å². The summed E-state index contributed by atoms with van der Waals surface area (Å²) in [5.41, 5.74) is 1.71. The first-order valence-electron chi connectivity index (χ1n) is 10.7. The first kappa shape index (κ1) is 23.8. The van der Waals surface area contributed by atoms with E-state index in [1.807, 2.05) is 60.7 Å². The zero-order valence-corrected chi connectivity index (χ0v) is 19.1. The van der Waals surface area contributed by atoms with Crippen molar-refractivity contribution in [2.75, 3.05) is 6.61 Å². The monoisotopic (exact) mass is 480 g/mol. The number of nitro benzene ring substituents is 1. The van der Waals surface area contributed by atoms with Gasteiger partial charge in [-0.05, 0) is 29.3 Å². The third kappa shape index (κ3) is 5.57. The van der Waals surface area contributed by atoms with Gasteiger partial charge in [0.05, 0.1) is 35.7 Å². The molecule has 176 valence electrons. The second-order valence-electron chi connectivity index (χ2n) is 7.73. The van der Waals surface area contributed by atoms with Crippen LogP contribution in [0.2, 0.25) is 0 Å². The van der Waals surface area contributed by atoms with Gasteiger partial charge < -0.3 is 9.47 Å². The summed E-state index contributed by atoms with van der Waals surface area (Å²) in [5, 5.41) is 11.0. The summed E-state index contributed by atoms with van der Waals surface area (Å²) in [6.45, 7) is 0.689. The zero-order valence-electron chi connectivity index (χ0n) is 18.3. The Kier molecular flexibility index (Phi) is 7.49. The Morgan fingerprint density at radius 1 is 0.824 bits per heavy atom. The third-order valence-electron chi connectivity index (χ3n) is 5.36. The molecule has 0 aliphatic carbocycles. The number of rotatable bonds is 10. The van der Waals surface area contributed by atoms with Gasteiger partial charge in [-0.25, -0.2) is 8.42 Å². The highest BCUT2D eigenvalue weighted by atomic mass is 32.2. The molecule has 34 heavy (non-hydrogen) atoms. The van der Waals surface area contributed by atoms with E-state index in [0.29, 0.717) is 6.61 Å². The molecule has 0 spiro atoms. The summed E-state index contributed by atoms with van der Waals surface area (Å²) >= 11 is 0. The Balaban J connectivity index is 1.53. The van der Waals surface area contributed by atoms with E-state index in [2.05, 4.69) is 0 Å². The maximum atomic E-state index is 13.6. The van der Waals surface area contributed by atoms with Crippen LogP contribution in [0.3, 0.4) is 0 Å². The normalized spacial score (nSPS) is 18.2. The molecule has 0 radical (unpaired) electrons. The van der Waals surface area contributed by atoms with Gasteiger partial charge in [0.1, 0.15) is 6.23 Å². The molecule has 0 bridgehead atoms. The van der Waals surface area contributed by atoms with E-state index in [4.69, 9.17) is 9.47 Å². The van der Waals surface area contributed by atoms with Gasteiger partial charge in [-0.3, -0.25) is 10.1 Å². The van der Waals surface area contributed by atoms with Crippen molar-refractivity contribution >= 4 is 15.7 Å². The van der Waals surface area contributed by atoms with Crippen molar-refractivity contribution in [3.8, 4) is 0 Å². The molecule has 0 fully saturated rings. The van der Waals surface area contributed by atoms with Gasteiger partial charge in [-0.2, -0.15) is 4.31 Å². The smallest absolute Gasteiger partial charge is 0.269 e. The third-order valence-corrected chi connectivity index (χ3v) is 7.26. The SMILES string of the molecule is O=[N+]([O-])c1ccc(S(=O)(=O)N2C(COCc3ccccc3)C=CC2OCc2ccccc2)cc1. The Morgan fingerprint density at radius 3 is 2.00 bits per heavy atom. The highest BCUT2D eigenvalue weighted by molar-refractivity contribution is 7.89. The van der Waals surface area contributed by atoms with Crippen LogP contribution >= 0.6 is 0 Å². The average molecular weight is 481 g/mol. The van der Waals surface area contributed by atoms with E-state index in [-0.39, 0.29) is 23.8 Å². The molecule has 1 aliphatic rings. The van der Waals surface area contributed by atoms with Gasteiger partial charge >= 0.3 is 0 Å². The summed E-state index contributed by atoms with van der Waals surface area (Å²) in [4.78, 5) is 10.4. The molecule has 1 heterocycles. The molecule has 3 aromatic carbocycles. The Labute approximate surface area is 198 Å². The highest BCUT2D eigenvalue weighted by Gasteiger charge is 2.40. The number of nitro groups is 1. The van der Waals surface area contributed by atoms with Crippen LogP contribution in [-0.2, 0) is 32.7 Å². The van der Waals surface area contributed by atoms with Gasteiger partial charge in [-0.15, -0.1) is 0 Å². The zero-order chi connectivity index (χ0) is 24.0. The van der Waals surface area contributed by atoms with Gasteiger partial charge in [0.25, 0.3) is 5.69 Å². The lowest BCUT2D eigenvalue weighted by atomic mass is 10.2. The maximum Gasteiger partial charge on any atom is 0.269 e. The molecule has 8 nitrogen and oxygen atoms in total. The molecular weight excluding hydrogens is 456 g/mol. The minimum Gasteiger partial charge on any atom is -0.375 e. The number of nitrogens with zero attached hydrogens (tertiary/aromatic N) is 2. The largest absolute Gasteiger partial charge is 0.375 e. The number of non-ortho nitro benzene ring substituents is 1. The fraction of sp³-hybridized carbons (Fsp3) is 0.200. The summed E-state index contributed by atoms with van der Waals surface area (Å²) in [6.07, 6.45) is 2.61. The van der Waals surface area contributed by atoms with E-state index in [9.17, 15) is 18.5 Å². The quantitative estimate of drug-likeness (QED) is 0.244. The molecule has 9 heteroatoms. The van der Waals surface area contributed by atoms with Gasteiger partial charge in [0.15, 0.2) is 0 Å². The van der Waals surface area contributed by atoms with Gasteiger partial charge in [0.2, 0.25) is 10.0 Å². The predicted molar refractivity (Wildman–Crippen MR) is 126 cm³/mol. The molecular formula is C25H24N2O6S. The van der Waals surface area contributed by atoms with E-state index < -0.39 is 27.2 Å². The van der Waals surface area contributed by atoms with Crippen LogP contribution < -0.4 is 0 Å². The van der Waals surface area contributed by atoms with Crippen LogP contribution in [0.15, 0.2) is 102 Å². The number of hydrogen-bond donors (Lipinski definition) is 0. The van der Waals surface area contributed by atoms with E-state index in [1.54, 1.807) is 12.2 Å². The van der Waals surface area contributed by atoms with Crippen molar-refractivity contribution in [3.63, 3.8) is 0 Å². The Hall–Kier alpha value is -3.37. The van der Waals surface area contributed by atoms with Crippen LogP contribution in [0.5, 0.6) is 0 Å². The lowest BCUT2D eigenvalue weighted by molar-refractivity contribution is -0.384. The second kappa shape index (κ2) is 10.7. The summed E-state index contributed by atoms with van der Waals surface area (Å²) in [7, 11) is -4.04. The fourth-order valence-corrected chi connectivity index (χ4v) is 5.26. The maximum absolute atomic E-state index is 13.6. The first-order chi connectivity index (χ1) is 16.4. The fourth-order valence-electron chi connectivity index (χ4n) is 3.64. The number of ether oxygens (including phenoxy) is 2. The summed E-state index contributed by atoms with van der Waals surface area (Å²) in [6, 6.07) is 23.3. The molecule has 0 saturated heterocycles. The van der Waals surface area contributed by atoms with Crippen molar-refractivity contribution in [1.29, 1.82) is 0 Å². The van der Waals surface area contributed by atoms with Crippen molar-refractivity contribution in [3.05, 3.63) is 118 Å². The molecule has 0 amide bonds. The molecule has 0 aromatic heterocycles. The molecule has 1 aliphatic heterocycles.